The number of carbonyl (C=O) groups is 1. The molecule has 0 bridgehead atoms. The number of rotatable bonds is 3. The van der Waals surface area contributed by atoms with Crippen molar-refractivity contribution < 1.29 is 9.90 Å². The molecule has 0 aromatic heterocycles. The average Bonchev–Trinajstić information content (AvgIpc) is 2.64. The van der Waals surface area contributed by atoms with Crippen LogP contribution in [0.25, 0.3) is 6.08 Å². The van der Waals surface area contributed by atoms with Gasteiger partial charge in [-0.25, -0.2) is 0 Å². The van der Waals surface area contributed by atoms with Gasteiger partial charge in [0.05, 0.1) is 5.92 Å². The number of hydrazine groups is 1. The van der Waals surface area contributed by atoms with Crippen LogP contribution in [-0.2, 0) is 4.79 Å². The van der Waals surface area contributed by atoms with Gasteiger partial charge in [0.2, 0.25) is 5.91 Å². The van der Waals surface area contributed by atoms with Crippen molar-refractivity contribution in [2.45, 2.75) is 6.42 Å². The van der Waals surface area contributed by atoms with Crippen LogP contribution < -0.4 is 10.9 Å². The van der Waals surface area contributed by atoms with E-state index in [1.165, 1.54) is 0 Å². The van der Waals surface area contributed by atoms with E-state index in [1.54, 1.807) is 0 Å². The summed E-state index contributed by atoms with van der Waals surface area (Å²) >= 11 is 0. The van der Waals surface area contributed by atoms with Crippen LogP contribution in [-0.4, -0.2) is 17.6 Å². The molecule has 1 fully saturated rings. The van der Waals surface area contributed by atoms with Crippen LogP contribution in [0.2, 0.25) is 0 Å². The molecule has 1 atom stereocenters. The number of amides is 1. The van der Waals surface area contributed by atoms with Crippen molar-refractivity contribution in [1.29, 1.82) is 0 Å². The first-order valence-electron chi connectivity index (χ1n) is 5.24. The van der Waals surface area contributed by atoms with Crippen LogP contribution in [0.15, 0.2) is 36.0 Å². The third kappa shape index (κ3) is 2.23. The van der Waals surface area contributed by atoms with Crippen molar-refractivity contribution in [2.24, 2.45) is 5.92 Å². The summed E-state index contributed by atoms with van der Waals surface area (Å²) in [4.78, 5) is 11.4. The quantitative estimate of drug-likeness (QED) is 0.698. The monoisotopic (exact) mass is 218 g/mol. The van der Waals surface area contributed by atoms with E-state index in [-0.39, 0.29) is 18.4 Å². The van der Waals surface area contributed by atoms with E-state index in [1.807, 2.05) is 36.4 Å². The van der Waals surface area contributed by atoms with Gasteiger partial charge in [0.25, 0.3) is 0 Å². The number of nitrogens with one attached hydrogen (secondary N) is 2. The standard InChI is InChI=1S/C12H14N2O2/c15-7-6-10-11(13-14-12(10)16)8-9-4-2-1-3-5-9/h1-5,8,10,13,15H,6-7H2,(H,14,16). The maximum Gasteiger partial charge on any atom is 0.247 e. The molecule has 1 heterocycles. The molecule has 1 unspecified atom stereocenters. The average molecular weight is 218 g/mol. The summed E-state index contributed by atoms with van der Waals surface area (Å²) < 4.78 is 0. The summed E-state index contributed by atoms with van der Waals surface area (Å²) in [5.74, 6) is -0.360. The third-order valence-electron chi connectivity index (χ3n) is 2.56. The Kier molecular flexibility index (Phi) is 3.22. The van der Waals surface area contributed by atoms with Crippen LogP contribution in [0.5, 0.6) is 0 Å². The van der Waals surface area contributed by atoms with Gasteiger partial charge < -0.3 is 10.5 Å². The predicted molar refractivity (Wildman–Crippen MR) is 60.9 cm³/mol. The van der Waals surface area contributed by atoms with Gasteiger partial charge >= 0.3 is 0 Å². The van der Waals surface area contributed by atoms with Crippen molar-refractivity contribution in [2.75, 3.05) is 6.61 Å². The maximum atomic E-state index is 11.4. The minimum Gasteiger partial charge on any atom is -0.396 e. The van der Waals surface area contributed by atoms with Crippen molar-refractivity contribution >= 4 is 12.0 Å². The van der Waals surface area contributed by atoms with Gasteiger partial charge in [-0.1, -0.05) is 30.3 Å². The van der Waals surface area contributed by atoms with Gasteiger partial charge in [0.15, 0.2) is 0 Å². The Hall–Kier alpha value is -1.81. The van der Waals surface area contributed by atoms with Gasteiger partial charge in [-0.2, -0.15) is 0 Å². The summed E-state index contributed by atoms with van der Waals surface area (Å²) in [5.41, 5.74) is 7.24. The summed E-state index contributed by atoms with van der Waals surface area (Å²) in [7, 11) is 0. The van der Waals surface area contributed by atoms with Crippen LogP contribution in [0.3, 0.4) is 0 Å². The molecule has 2 rings (SSSR count). The van der Waals surface area contributed by atoms with Crippen molar-refractivity contribution in [3.8, 4) is 0 Å². The van der Waals surface area contributed by atoms with Crippen molar-refractivity contribution in [3.63, 3.8) is 0 Å². The highest BCUT2D eigenvalue weighted by Crippen LogP contribution is 2.19. The molecule has 1 saturated heterocycles. The number of hydrogen-bond acceptors (Lipinski definition) is 3. The molecule has 1 aromatic carbocycles. The van der Waals surface area contributed by atoms with E-state index in [2.05, 4.69) is 10.9 Å². The second-order valence-electron chi connectivity index (χ2n) is 3.69. The van der Waals surface area contributed by atoms with E-state index < -0.39 is 0 Å². The number of carbonyl (C=O) groups excluding carboxylic acids is 1. The molecule has 1 aromatic rings. The van der Waals surface area contributed by atoms with Crippen molar-refractivity contribution in [1.82, 2.24) is 10.9 Å². The summed E-state index contributed by atoms with van der Waals surface area (Å²) in [6.07, 6.45) is 2.36. The number of aliphatic hydroxyl groups excluding tert-OH is 1. The Morgan fingerprint density at radius 2 is 2.00 bits per heavy atom. The zero-order valence-corrected chi connectivity index (χ0v) is 8.81. The van der Waals surface area contributed by atoms with E-state index in [9.17, 15) is 4.79 Å². The Morgan fingerprint density at radius 3 is 2.69 bits per heavy atom. The van der Waals surface area contributed by atoms with Crippen LogP contribution in [0.4, 0.5) is 0 Å². The zero-order valence-electron chi connectivity index (χ0n) is 8.81. The summed E-state index contributed by atoms with van der Waals surface area (Å²) in [5, 5.41) is 8.89. The highest BCUT2D eigenvalue weighted by atomic mass is 16.3. The number of benzene rings is 1. The molecule has 1 aliphatic heterocycles. The molecule has 4 nitrogen and oxygen atoms in total. The number of hydrogen-bond donors (Lipinski definition) is 3. The second kappa shape index (κ2) is 4.81. The predicted octanol–water partition coefficient (Wildman–Crippen LogP) is 0.660. The lowest BCUT2D eigenvalue weighted by Gasteiger charge is -2.05. The van der Waals surface area contributed by atoms with Gasteiger partial charge in [-0.05, 0) is 18.1 Å². The Bertz CT molecular complexity index is 401. The van der Waals surface area contributed by atoms with Gasteiger partial charge in [0, 0.05) is 12.3 Å². The molecule has 0 saturated carbocycles. The molecule has 1 amide bonds. The molecule has 0 radical (unpaired) electrons. The smallest absolute Gasteiger partial charge is 0.247 e. The van der Waals surface area contributed by atoms with Gasteiger partial charge in [-0.3, -0.25) is 10.2 Å². The SMILES string of the molecule is O=C1NNC(=Cc2ccccc2)C1CCO. The second-order valence-corrected chi connectivity index (χ2v) is 3.69. The largest absolute Gasteiger partial charge is 0.396 e. The fraction of sp³-hybridized carbons (Fsp3) is 0.250. The third-order valence-corrected chi connectivity index (χ3v) is 2.56. The minimum absolute atomic E-state index is 0.00585. The lowest BCUT2D eigenvalue weighted by molar-refractivity contribution is -0.122. The molecule has 4 heteroatoms. The lowest BCUT2D eigenvalue weighted by Crippen LogP contribution is -2.26. The van der Waals surface area contributed by atoms with Crippen LogP contribution in [0.1, 0.15) is 12.0 Å². The fourth-order valence-electron chi connectivity index (χ4n) is 1.73. The maximum absolute atomic E-state index is 11.4. The zero-order chi connectivity index (χ0) is 11.4. The number of aliphatic hydroxyl groups is 1. The Morgan fingerprint density at radius 1 is 1.25 bits per heavy atom. The van der Waals surface area contributed by atoms with E-state index in [0.717, 1.165) is 11.3 Å². The molecular weight excluding hydrogens is 204 g/mol. The van der Waals surface area contributed by atoms with Crippen LogP contribution >= 0.6 is 0 Å². The molecule has 84 valence electrons. The highest BCUT2D eigenvalue weighted by molar-refractivity contribution is 5.85. The van der Waals surface area contributed by atoms with Crippen molar-refractivity contribution in [3.05, 3.63) is 41.6 Å². The first-order chi connectivity index (χ1) is 7.81. The normalized spacial score (nSPS) is 21.9. The Balaban J connectivity index is 2.20. The van der Waals surface area contributed by atoms with E-state index >= 15 is 0 Å². The van der Waals surface area contributed by atoms with Crippen LogP contribution in [0, 0.1) is 5.92 Å². The lowest BCUT2D eigenvalue weighted by atomic mass is 10.0. The Labute approximate surface area is 94.0 Å². The van der Waals surface area contributed by atoms with Gasteiger partial charge in [0.1, 0.15) is 0 Å². The topological polar surface area (TPSA) is 61.4 Å². The van der Waals surface area contributed by atoms with E-state index in [4.69, 9.17) is 5.11 Å². The molecule has 0 spiro atoms. The molecule has 1 aliphatic rings. The van der Waals surface area contributed by atoms with Gasteiger partial charge in [-0.15, -0.1) is 0 Å². The molecule has 0 aliphatic carbocycles. The summed E-state index contributed by atoms with van der Waals surface area (Å²) in [6, 6.07) is 9.76. The fourth-order valence-corrected chi connectivity index (χ4v) is 1.73. The molecular formula is C12H14N2O2. The first-order valence-corrected chi connectivity index (χ1v) is 5.24. The minimum atomic E-state index is -0.273. The first kappa shape index (κ1) is 10.7. The highest BCUT2D eigenvalue weighted by Gasteiger charge is 2.28. The molecule has 16 heavy (non-hydrogen) atoms. The molecule has 3 N–H and O–H groups in total. The van der Waals surface area contributed by atoms with E-state index in [0.29, 0.717) is 6.42 Å². The summed E-state index contributed by atoms with van der Waals surface area (Å²) in [6.45, 7) is 0.00585.